The molecule has 1 amide bonds. The second kappa shape index (κ2) is 7.67. The quantitative estimate of drug-likeness (QED) is 0.460. The van der Waals surface area contributed by atoms with E-state index in [1.54, 1.807) is 7.05 Å². The molecule has 0 bridgehead atoms. The molecule has 8 nitrogen and oxygen atoms in total. The van der Waals surface area contributed by atoms with Crippen LogP contribution < -0.4 is 15.1 Å². The first kappa shape index (κ1) is 18.7. The molecule has 1 N–H and O–H groups in total. The third-order valence-electron chi connectivity index (χ3n) is 4.21. The third kappa shape index (κ3) is 3.70. The maximum absolute atomic E-state index is 12.3. The van der Waals surface area contributed by atoms with Gasteiger partial charge in [0.2, 0.25) is 5.91 Å². The molecular formula is C16H19N3O5S2. The van der Waals surface area contributed by atoms with E-state index in [1.807, 2.05) is 0 Å². The molecule has 0 saturated carbocycles. The molecule has 0 fully saturated rings. The minimum Gasteiger partial charge on any atom is -0.538 e. The molecular weight excluding hydrogens is 378 g/mol. The van der Waals surface area contributed by atoms with Crippen LogP contribution in [0.1, 0.15) is 34.1 Å². The lowest BCUT2D eigenvalue weighted by atomic mass is 9.88. The number of carbonyl (C=O) groups excluding carboxylic acids is 2. The van der Waals surface area contributed by atoms with Crippen molar-refractivity contribution in [3.05, 3.63) is 16.0 Å². The molecule has 1 unspecified atom stereocenters. The molecule has 0 aromatic carbocycles. The fourth-order valence-corrected chi connectivity index (χ4v) is 5.04. The number of fused-ring (bicyclic) bond motifs is 1. The predicted molar refractivity (Wildman–Crippen MR) is 93.3 cm³/mol. The van der Waals surface area contributed by atoms with Gasteiger partial charge >= 0.3 is 5.97 Å². The monoisotopic (exact) mass is 397 g/mol. The number of esters is 1. The van der Waals surface area contributed by atoms with Crippen LogP contribution in [0.5, 0.6) is 5.95 Å². The number of ether oxygens (including phenoxy) is 1. The molecule has 1 aliphatic rings. The second-order valence-corrected chi connectivity index (χ2v) is 8.24. The number of aryl methyl sites for hydroxylation is 1. The Kier molecular flexibility index (Phi) is 5.52. The summed E-state index contributed by atoms with van der Waals surface area (Å²) in [5, 5.41) is 18.5. The molecule has 1 aliphatic carbocycles. The van der Waals surface area contributed by atoms with Crippen molar-refractivity contribution in [3.8, 4) is 5.95 Å². The van der Waals surface area contributed by atoms with Gasteiger partial charge in [0.15, 0.2) is 13.0 Å². The van der Waals surface area contributed by atoms with Crippen LogP contribution in [0.15, 0.2) is 9.55 Å². The highest BCUT2D eigenvalue weighted by Crippen LogP contribution is 2.40. The first-order chi connectivity index (χ1) is 12.4. The van der Waals surface area contributed by atoms with Gasteiger partial charge in [-0.15, -0.1) is 11.3 Å². The average Bonchev–Trinajstić information content (AvgIpc) is 3.11. The van der Waals surface area contributed by atoms with Gasteiger partial charge in [-0.3, -0.25) is 4.79 Å². The number of methoxy groups -OCH3 is 1. The van der Waals surface area contributed by atoms with E-state index >= 15 is 0 Å². The molecule has 0 spiro atoms. The first-order valence-corrected chi connectivity index (χ1v) is 9.89. The van der Waals surface area contributed by atoms with Crippen LogP contribution in [-0.4, -0.2) is 30.0 Å². The highest BCUT2D eigenvalue weighted by molar-refractivity contribution is 7.99. The average molecular weight is 397 g/mol. The molecule has 3 rings (SSSR count). The van der Waals surface area contributed by atoms with Gasteiger partial charge in [0, 0.05) is 4.88 Å². The number of nitrogens with zero attached hydrogens (tertiary/aromatic N) is 2. The fourth-order valence-electron chi connectivity index (χ4n) is 2.91. The Morgan fingerprint density at radius 1 is 1.54 bits per heavy atom. The van der Waals surface area contributed by atoms with Crippen LogP contribution in [0.3, 0.4) is 0 Å². The van der Waals surface area contributed by atoms with E-state index in [1.165, 1.54) is 23.1 Å². The number of thioether (sulfide) groups is 1. The van der Waals surface area contributed by atoms with Crippen molar-refractivity contribution in [1.29, 1.82) is 0 Å². The number of hydrogen-bond donors (Lipinski definition) is 1. The summed E-state index contributed by atoms with van der Waals surface area (Å²) in [6.45, 7) is 2.18. The Hall–Kier alpha value is -2.07. The number of thiophene rings is 1. The van der Waals surface area contributed by atoms with Gasteiger partial charge in [0.25, 0.3) is 5.03 Å². The summed E-state index contributed by atoms with van der Waals surface area (Å²) < 4.78 is 10.7. The van der Waals surface area contributed by atoms with Crippen LogP contribution >= 0.6 is 23.1 Å². The summed E-state index contributed by atoms with van der Waals surface area (Å²) >= 11 is 2.46. The van der Waals surface area contributed by atoms with Crippen LogP contribution in [-0.2, 0) is 29.4 Å². The fraction of sp³-hybridized carbons (Fsp3) is 0.500. The van der Waals surface area contributed by atoms with E-state index in [-0.39, 0.29) is 16.7 Å². The van der Waals surface area contributed by atoms with Crippen LogP contribution in [0, 0.1) is 5.92 Å². The molecule has 26 heavy (non-hydrogen) atoms. The van der Waals surface area contributed by atoms with Crippen molar-refractivity contribution in [2.24, 2.45) is 13.0 Å². The van der Waals surface area contributed by atoms with Crippen LogP contribution in [0.2, 0.25) is 0 Å². The number of hydrogen-bond acceptors (Lipinski definition) is 8. The van der Waals surface area contributed by atoms with Crippen molar-refractivity contribution in [1.82, 2.24) is 5.27 Å². The number of rotatable bonds is 5. The van der Waals surface area contributed by atoms with Gasteiger partial charge in [0.1, 0.15) is 5.00 Å². The summed E-state index contributed by atoms with van der Waals surface area (Å²) in [4.78, 5) is 25.7. The van der Waals surface area contributed by atoms with Gasteiger partial charge in [-0.05, 0) is 42.5 Å². The molecule has 2 heterocycles. The Bertz CT molecular complexity index is 826. The zero-order valence-electron chi connectivity index (χ0n) is 14.7. The predicted octanol–water partition coefficient (Wildman–Crippen LogP) is 1.28. The topological polar surface area (TPSA) is 108 Å². The van der Waals surface area contributed by atoms with E-state index in [0.29, 0.717) is 16.5 Å². The van der Waals surface area contributed by atoms with Crippen LogP contribution in [0.25, 0.3) is 0 Å². The Labute approximate surface area is 158 Å². The van der Waals surface area contributed by atoms with Crippen molar-refractivity contribution >= 4 is 40.0 Å². The Balaban J connectivity index is 1.76. The molecule has 0 radical (unpaired) electrons. The van der Waals surface area contributed by atoms with Crippen molar-refractivity contribution < 1.29 is 28.6 Å². The summed E-state index contributed by atoms with van der Waals surface area (Å²) in [5.41, 5.74) is 1.44. The molecule has 1 atom stereocenters. The van der Waals surface area contributed by atoms with Gasteiger partial charge < -0.3 is 19.7 Å². The summed E-state index contributed by atoms with van der Waals surface area (Å²) in [5.74, 6) is -0.778. The van der Waals surface area contributed by atoms with Crippen molar-refractivity contribution in [2.45, 2.75) is 31.2 Å². The van der Waals surface area contributed by atoms with Crippen molar-refractivity contribution in [2.75, 3.05) is 18.2 Å². The maximum Gasteiger partial charge on any atom is 0.341 e. The van der Waals surface area contributed by atoms with Crippen LogP contribution in [0.4, 0.5) is 5.00 Å². The highest BCUT2D eigenvalue weighted by atomic mass is 32.2. The zero-order valence-corrected chi connectivity index (χ0v) is 16.3. The molecule has 0 aliphatic heterocycles. The lowest BCUT2D eigenvalue weighted by Crippen LogP contribution is -2.32. The number of anilines is 1. The molecule has 140 valence electrons. The maximum atomic E-state index is 12.3. The minimum atomic E-state index is -0.582. The van der Waals surface area contributed by atoms with Gasteiger partial charge in [0.05, 0.1) is 23.7 Å². The van der Waals surface area contributed by atoms with Gasteiger partial charge in [-0.1, -0.05) is 11.6 Å². The lowest BCUT2D eigenvalue weighted by Gasteiger charge is -2.18. The highest BCUT2D eigenvalue weighted by Gasteiger charge is 2.29. The smallest absolute Gasteiger partial charge is 0.341 e. The lowest BCUT2D eigenvalue weighted by molar-refractivity contribution is -0.772. The van der Waals surface area contributed by atoms with E-state index in [2.05, 4.69) is 22.0 Å². The van der Waals surface area contributed by atoms with Crippen molar-refractivity contribution in [3.63, 3.8) is 0 Å². The molecule has 10 heteroatoms. The van der Waals surface area contributed by atoms with E-state index in [0.717, 1.165) is 41.5 Å². The Morgan fingerprint density at radius 3 is 2.96 bits per heavy atom. The SMILES string of the molecule is COC(=O)c1c(NC(=O)CSc2c([O-])on[n+]2C)sc2c1CCC(C)C2. The number of amides is 1. The normalized spacial score (nSPS) is 16.2. The van der Waals surface area contributed by atoms with E-state index < -0.39 is 11.9 Å². The summed E-state index contributed by atoms with van der Waals surface area (Å²) in [6, 6.07) is 0. The number of aromatic nitrogens is 2. The van der Waals surface area contributed by atoms with E-state index in [9.17, 15) is 14.7 Å². The first-order valence-electron chi connectivity index (χ1n) is 8.09. The summed E-state index contributed by atoms with van der Waals surface area (Å²) in [7, 11) is 2.90. The molecule has 2 aromatic rings. The zero-order chi connectivity index (χ0) is 18.8. The van der Waals surface area contributed by atoms with Gasteiger partial charge in [-0.2, -0.15) is 0 Å². The largest absolute Gasteiger partial charge is 0.538 e. The Morgan fingerprint density at radius 2 is 2.31 bits per heavy atom. The molecule has 0 saturated heterocycles. The second-order valence-electron chi connectivity index (χ2n) is 6.17. The standard InChI is InChI=1S/C16H19N3O5S2/c1-8-4-5-9-10(6-8)26-13(12(9)15(21)23-3)17-11(20)7-25-14-16(22)24-18-19(14)2/h8H,4-7H2,1-3H3,(H-,17,18,20,21,22). The summed E-state index contributed by atoms with van der Waals surface area (Å²) in [6.07, 6.45) is 2.70. The minimum absolute atomic E-state index is 0.00384. The van der Waals surface area contributed by atoms with Gasteiger partial charge in [-0.25, -0.2) is 4.79 Å². The number of carbonyl (C=O) groups is 2. The van der Waals surface area contributed by atoms with E-state index in [4.69, 9.17) is 4.74 Å². The molecule has 2 aromatic heterocycles. The third-order valence-corrected chi connectivity index (χ3v) is 6.49. The number of nitrogens with one attached hydrogen (secondary N) is 1.